The summed E-state index contributed by atoms with van der Waals surface area (Å²) in [5.41, 5.74) is 0.849. The van der Waals surface area contributed by atoms with Crippen LogP contribution in [0.4, 0.5) is 11.4 Å². The third kappa shape index (κ3) is 7.82. The van der Waals surface area contributed by atoms with Gasteiger partial charge in [-0.3, -0.25) is 10.1 Å². The van der Waals surface area contributed by atoms with Crippen molar-refractivity contribution in [1.29, 1.82) is 5.26 Å². The van der Waals surface area contributed by atoms with Crippen molar-refractivity contribution in [2.75, 3.05) is 32.2 Å². The Bertz CT molecular complexity index is 1780. The van der Waals surface area contributed by atoms with Crippen molar-refractivity contribution in [3.05, 3.63) is 74.6 Å². The van der Waals surface area contributed by atoms with Crippen LogP contribution < -0.4 is 10.1 Å². The van der Waals surface area contributed by atoms with Gasteiger partial charge >= 0.3 is 11.9 Å². The summed E-state index contributed by atoms with van der Waals surface area (Å²) >= 11 is 1.01. The Balaban J connectivity index is 1.52. The van der Waals surface area contributed by atoms with Gasteiger partial charge in [0.05, 0.1) is 29.3 Å². The summed E-state index contributed by atoms with van der Waals surface area (Å²) in [4.78, 5) is 35.5. The minimum atomic E-state index is -3.78. The van der Waals surface area contributed by atoms with E-state index in [1.165, 1.54) is 29.6 Å². The number of methoxy groups -OCH3 is 1. The highest BCUT2D eigenvalue weighted by Crippen LogP contribution is 2.43. The van der Waals surface area contributed by atoms with Crippen LogP contribution in [0, 0.1) is 21.4 Å². The molecule has 1 fully saturated rings. The molecule has 0 aliphatic carbocycles. The van der Waals surface area contributed by atoms with Gasteiger partial charge in [-0.2, -0.15) is 9.57 Å². The second-order valence-electron chi connectivity index (χ2n) is 11.1. The van der Waals surface area contributed by atoms with Gasteiger partial charge in [-0.25, -0.2) is 18.0 Å². The van der Waals surface area contributed by atoms with Gasteiger partial charge in [-0.15, -0.1) is 11.3 Å². The lowest BCUT2D eigenvalue weighted by molar-refractivity contribution is -0.384. The van der Waals surface area contributed by atoms with E-state index in [9.17, 15) is 33.4 Å². The summed E-state index contributed by atoms with van der Waals surface area (Å²) in [6, 6.07) is 14.9. The first-order valence-electron chi connectivity index (χ1n) is 14.3. The molecule has 244 valence electrons. The van der Waals surface area contributed by atoms with E-state index in [0.717, 1.165) is 17.0 Å². The van der Waals surface area contributed by atoms with Crippen LogP contribution in [-0.2, 0) is 30.0 Å². The Morgan fingerprint density at radius 1 is 1.22 bits per heavy atom. The Hall–Kier alpha value is -4.52. The van der Waals surface area contributed by atoms with Gasteiger partial charge in [-0.05, 0) is 56.9 Å². The predicted molar refractivity (Wildman–Crippen MR) is 171 cm³/mol. The number of rotatable bonds is 12. The van der Waals surface area contributed by atoms with Gasteiger partial charge in [0.2, 0.25) is 10.0 Å². The molecule has 3 aromatic rings. The van der Waals surface area contributed by atoms with Crippen LogP contribution >= 0.6 is 11.3 Å². The molecule has 1 atom stereocenters. The topological polar surface area (TPSA) is 178 Å². The van der Waals surface area contributed by atoms with Gasteiger partial charge in [0.25, 0.3) is 5.69 Å². The summed E-state index contributed by atoms with van der Waals surface area (Å²) in [7, 11) is -2.58. The number of hydrogen-bond acceptors (Lipinski definition) is 12. The lowest BCUT2D eigenvalue weighted by Crippen LogP contribution is -2.55. The molecule has 15 heteroatoms. The van der Waals surface area contributed by atoms with Crippen LogP contribution in [0.25, 0.3) is 10.4 Å². The number of hydrogen-bond donors (Lipinski definition) is 1. The number of non-ortho nitro benzene ring substituents is 1. The Labute approximate surface area is 270 Å². The lowest BCUT2D eigenvalue weighted by Gasteiger charge is -2.45. The number of ether oxygens (including phenoxy) is 3. The second-order valence-corrected chi connectivity index (χ2v) is 14.1. The quantitative estimate of drug-likeness (QED) is 0.154. The molecule has 2 aromatic carbocycles. The van der Waals surface area contributed by atoms with Gasteiger partial charge in [0.15, 0.2) is 17.2 Å². The van der Waals surface area contributed by atoms with Gasteiger partial charge in [-0.1, -0.05) is 24.3 Å². The first-order chi connectivity index (χ1) is 21.8. The maximum absolute atomic E-state index is 13.4. The van der Waals surface area contributed by atoms with E-state index in [1.54, 1.807) is 25.1 Å². The minimum Gasteiger partial charge on any atom is -0.479 e. The second kappa shape index (κ2) is 14.3. The van der Waals surface area contributed by atoms with Crippen LogP contribution in [0.5, 0.6) is 5.75 Å². The number of nitro groups is 1. The zero-order chi connectivity index (χ0) is 33.6. The number of nitrogens with zero attached hydrogens (tertiary/aromatic N) is 3. The van der Waals surface area contributed by atoms with Gasteiger partial charge in [0, 0.05) is 35.9 Å². The maximum atomic E-state index is 13.4. The fourth-order valence-corrected chi connectivity index (χ4v) is 8.55. The Morgan fingerprint density at radius 3 is 2.61 bits per heavy atom. The molecule has 13 nitrogen and oxygen atoms in total. The maximum Gasteiger partial charge on any atom is 0.351 e. The molecule has 1 saturated heterocycles. The molecule has 0 spiro atoms. The third-order valence-corrected chi connectivity index (χ3v) is 10.6. The van der Waals surface area contributed by atoms with Gasteiger partial charge < -0.3 is 19.5 Å². The van der Waals surface area contributed by atoms with E-state index in [4.69, 9.17) is 14.2 Å². The fourth-order valence-electron chi connectivity index (χ4n) is 5.48. The number of nitro benzene ring substituents is 1. The zero-order valence-corrected chi connectivity index (χ0v) is 27.4. The molecule has 4 rings (SSSR count). The highest BCUT2D eigenvalue weighted by molar-refractivity contribution is 7.88. The fraction of sp³-hybridized carbons (Fsp3) is 0.387. The molecule has 0 bridgehead atoms. The van der Waals surface area contributed by atoms with Crippen molar-refractivity contribution in [1.82, 2.24) is 4.31 Å². The van der Waals surface area contributed by atoms with Gasteiger partial charge in [0.1, 0.15) is 11.6 Å². The van der Waals surface area contributed by atoms with Crippen molar-refractivity contribution >= 4 is 44.7 Å². The smallest absolute Gasteiger partial charge is 0.351 e. The van der Waals surface area contributed by atoms with E-state index >= 15 is 0 Å². The highest BCUT2D eigenvalue weighted by atomic mass is 32.2. The van der Waals surface area contributed by atoms with E-state index < -0.39 is 39.0 Å². The van der Waals surface area contributed by atoms with E-state index in [2.05, 4.69) is 11.4 Å². The summed E-state index contributed by atoms with van der Waals surface area (Å²) in [6.07, 6.45) is 0.981. The number of benzene rings is 2. The molecule has 0 radical (unpaired) electrons. The first-order valence-corrected chi connectivity index (χ1v) is 16.8. The SMILES string of the molecule is CCOC(=O)COc1c(C(=O)OC)sc(-c2cccc(NC3CCN(S(=O)(=O)Cc4cccc([N+](=O)[O-])c4)C(C)(C)C3)c2)c1C#N. The van der Waals surface area contributed by atoms with Crippen LogP contribution in [0.1, 0.15) is 54.4 Å². The number of anilines is 1. The van der Waals surface area contributed by atoms with Crippen LogP contribution in [0.2, 0.25) is 0 Å². The molecule has 0 saturated carbocycles. The minimum absolute atomic E-state index is 0.0390. The standard InChI is InChI=1S/C31H34N4O9S2/c1-5-43-26(36)18-44-27-25(17-32)28(45-29(27)30(37)42-4)21-9-7-10-22(15-21)33-23-12-13-34(31(2,3)16-23)46(40,41)19-20-8-6-11-24(14-20)35(38)39/h6-11,14-15,23,33H,5,12-13,16,18-19H2,1-4H3. The van der Waals surface area contributed by atoms with Crippen molar-refractivity contribution in [2.45, 2.75) is 50.9 Å². The largest absolute Gasteiger partial charge is 0.479 e. The number of carbonyl (C=O) groups excluding carboxylic acids is 2. The van der Waals surface area contributed by atoms with Crippen molar-refractivity contribution < 1.29 is 37.1 Å². The molecule has 46 heavy (non-hydrogen) atoms. The molecule has 1 unspecified atom stereocenters. The van der Waals surface area contributed by atoms with E-state index in [1.807, 2.05) is 26.0 Å². The van der Waals surface area contributed by atoms with Crippen LogP contribution in [-0.4, -0.2) is 68.0 Å². The van der Waals surface area contributed by atoms with Crippen LogP contribution in [0.3, 0.4) is 0 Å². The third-order valence-electron chi connectivity index (χ3n) is 7.39. The van der Waals surface area contributed by atoms with Crippen molar-refractivity contribution in [3.63, 3.8) is 0 Å². The lowest BCUT2D eigenvalue weighted by atomic mass is 9.89. The molecule has 1 aromatic heterocycles. The van der Waals surface area contributed by atoms with Crippen molar-refractivity contribution in [2.24, 2.45) is 0 Å². The number of thiophene rings is 1. The Kier molecular flexibility index (Phi) is 10.7. The number of sulfonamides is 1. The molecule has 1 aliphatic rings. The number of nitrogens with one attached hydrogen (secondary N) is 1. The molecule has 1 aliphatic heterocycles. The number of carbonyl (C=O) groups is 2. The zero-order valence-electron chi connectivity index (χ0n) is 25.8. The summed E-state index contributed by atoms with van der Waals surface area (Å²) in [6.45, 7) is 5.25. The first kappa shape index (κ1) is 34.4. The highest BCUT2D eigenvalue weighted by Gasteiger charge is 2.41. The monoisotopic (exact) mass is 670 g/mol. The summed E-state index contributed by atoms with van der Waals surface area (Å²) < 4.78 is 43.7. The number of esters is 2. The van der Waals surface area contributed by atoms with E-state index in [0.29, 0.717) is 28.8 Å². The summed E-state index contributed by atoms with van der Waals surface area (Å²) in [5.74, 6) is -1.76. The average Bonchev–Trinajstić information content (AvgIpc) is 3.37. The summed E-state index contributed by atoms with van der Waals surface area (Å²) in [5, 5.41) is 24.6. The Morgan fingerprint density at radius 2 is 1.96 bits per heavy atom. The number of piperidine rings is 1. The van der Waals surface area contributed by atoms with Crippen molar-refractivity contribution in [3.8, 4) is 22.3 Å². The van der Waals surface area contributed by atoms with Crippen LogP contribution in [0.15, 0.2) is 48.5 Å². The van der Waals surface area contributed by atoms with E-state index in [-0.39, 0.29) is 46.8 Å². The predicted octanol–water partition coefficient (Wildman–Crippen LogP) is 5.11. The molecule has 1 N–H and O–H groups in total. The molecule has 0 amide bonds. The number of nitriles is 1. The molecular weight excluding hydrogens is 636 g/mol. The normalized spacial score (nSPS) is 16.2. The molecule has 2 heterocycles. The average molecular weight is 671 g/mol. The molecular formula is C31H34N4O9S2.